The first kappa shape index (κ1) is 13.7. The smallest absolute Gasteiger partial charge is 0.410 e. The number of amides is 1. The minimum absolute atomic E-state index is 0.255. The number of carbonyl (C=O) groups excluding carboxylic acids is 1. The fourth-order valence-electron chi connectivity index (χ4n) is 2.36. The Morgan fingerprint density at radius 1 is 1.42 bits per heavy atom. The number of hydrogen-bond acceptors (Lipinski definition) is 4. The van der Waals surface area contributed by atoms with Crippen LogP contribution in [0.4, 0.5) is 4.79 Å². The van der Waals surface area contributed by atoms with Crippen molar-refractivity contribution in [3.8, 4) is 5.75 Å². The van der Waals surface area contributed by atoms with Gasteiger partial charge >= 0.3 is 6.09 Å². The van der Waals surface area contributed by atoms with Crippen LogP contribution in [0.15, 0.2) is 12.1 Å². The summed E-state index contributed by atoms with van der Waals surface area (Å²) in [5.74, 6) is 0.784. The van der Waals surface area contributed by atoms with Gasteiger partial charge in [0.25, 0.3) is 0 Å². The Hall–Kier alpha value is -1.75. The number of nitrogens with two attached hydrogens (primary N) is 1. The standard InChI is InChI=1S/C14H20N2O3/c1-3-19-14(17)16-5-4-10-6-11(8-15)13(18-2)7-12(10)9-16/h6-7H,3-5,8-9,15H2,1-2H3. The Kier molecular flexibility index (Phi) is 4.27. The van der Waals surface area contributed by atoms with E-state index in [1.165, 1.54) is 5.56 Å². The van der Waals surface area contributed by atoms with Crippen molar-refractivity contribution in [2.75, 3.05) is 20.3 Å². The number of methoxy groups -OCH3 is 1. The van der Waals surface area contributed by atoms with Crippen LogP contribution in [-0.4, -0.2) is 31.3 Å². The highest BCUT2D eigenvalue weighted by Crippen LogP contribution is 2.28. The molecule has 5 nitrogen and oxygen atoms in total. The Morgan fingerprint density at radius 2 is 2.21 bits per heavy atom. The highest BCUT2D eigenvalue weighted by atomic mass is 16.6. The maximum atomic E-state index is 11.7. The first-order chi connectivity index (χ1) is 9.19. The molecule has 0 fully saturated rings. The first-order valence-electron chi connectivity index (χ1n) is 6.50. The van der Waals surface area contributed by atoms with E-state index in [4.69, 9.17) is 15.2 Å². The predicted molar refractivity (Wildman–Crippen MR) is 72.0 cm³/mol. The van der Waals surface area contributed by atoms with Crippen LogP contribution in [0.25, 0.3) is 0 Å². The molecule has 0 aromatic heterocycles. The molecule has 0 saturated carbocycles. The third-order valence-electron chi connectivity index (χ3n) is 3.36. The van der Waals surface area contributed by atoms with Crippen molar-refractivity contribution in [2.24, 2.45) is 5.73 Å². The van der Waals surface area contributed by atoms with Gasteiger partial charge in [0.2, 0.25) is 0 Å². The van der Waals surface area contributed by atoms with Gasteiger partial charge in [-0.05, 0) is 30.5 Å². The molecule has 1 heterocycles. The molecule has 0 radical (unpaired) electrons. The van der Waals surface area contributed by atoms with Gasteiger partial charge in [-0.2, -0.15) is 0 Å². The van der Waals surface area contributed by atoms with E-state index in [1.54, 1.807) is 12.0 Å². The summed E-state index contributed by atoms with van der Waals surface area (Å²) in [5.41, 5.74) is 9.06. The molecule has 0 aliphatic carbocycles. The molecule has 1 aromatic rings. The molecule has 2 rings (SSSR count). The number of fused-ring (bicyclic) bond motifs is 1. The van der Waals surface area contributed by atoms with Crippen molar-refractivity contribution in [3.63, 3.8) is 0 Å². The maximum Gasteiger partial charge on any atom is 0.410 e. The van der Waals surface area contributed by atoms with E-state index < -0.39 is 0 Å². The lowest BCUT2D eigenvalue weighted by Crippen LogP contribution is -2.36. The second kappa shape index (κ2) is 5.93. The van der Waals surface area contributed by atoms with Gasteiger partial charge in [-0.25, -0.2) is 4.79 Å². The number of nitrogens with zero attached hydrogens (tertiary/aromatic N) is 1. The molecular formula is C14H20N2O3. The summed E-state index contributed by atoms with van der Waals surface area (Å²) >= 11 is 0. The predicted octanol–water partition coefficient (Wildman–Crippen LogP) is 1.67. The fraction of sp³-hybridized carbons (Fsp3) is 0.500. The van der Waals surface area contributed by atoms with E-state index in [1.807, 2.05) is 13.0 Å². The summed E-state index contributed by atoms with van der Waals surface area (Å²) in [5, 5.41) is 0. The normalized spacial score (nSPS) is 13.9. The fourth-order valence-corrected chi connectivity index (χ4v) is 2.36. The zero-order chi connectivity index (χ0) is 13.8. The quantitative estimate of drug-likeness (QED) is 0.902. The van der Waals surface area contributed by atoms with E-state index in [0.29, 0.717) is 26.2 Å². The summed E-state index contributed by atoms with van der Waals surface area (Å²) in [6.07, 6.45) is 0.570. The number of carbonyl (C=O) groups is 1. The van der Waals surface area contributed by atoms with E-state index >= 15 is 0 Å². The van der Waals surface area contributed by atoms with Crippen LogP contribution in [0.1, 0.15) is 23.6 Å². The second-order valence-corrected chi connectivity index (χ2v) is 4.51. The minimum Gasteiger partial charge on any atom is -0.496 e. The average Bonchev–Trinajstić information content (AvgIpc) is 2.45. The van der Waals surface area contributed by atoms with Crippen molar-refractivity contribution >= 4 is 6.09 Å². The highest BCUT2D eigenvalue weighted by molar-refractivity contribution is 5.68. The van der Waals surface area contributed by atoms with Gasteiger partial charge in [0, 0.05) is 25.2 Å². The van der Waals surface area contributed by atoms with Gasteiger partial charge in [-0.1, -0.05) is 6.07 Å². The lowest BCUT2D eigenvalue weighted by atomic mass is 9.96. The van der Waals surface area contributed by atoms with Crippen molar-refractivity contribution in [2.45, 2.75) is 26.4 Å². The molecule has 5 heteroatoms. The molecule has 0 spiro atoms. The Bertz CT molecular complexity index is 474. The van der Waals surface area contributed by atoms with Crippen molar-refractivity contribution in [1.29, 1.82) is 0 Å². The molecule has 0 unspecified atom stereocenters. The van der Waals surface area contributed by atoms with Crippen molar-refractivity contribution in [1.82, 2.24) is 4.90 Å². The van der Waals surface area contributed by atoms with Crippen LogP contribution in [0, 0.1) is 0 Å². The lowest BCUT2D eigenvalue weighted by molar-refractivity contribution is 0.102. The van der Waals surface area contributed by atoms with Crippen LogP contribution in [-0.2, 0) is 24.2 Å². The maximum absolute atomic E-state index is 11.7. The molecule has 19 heavy (non-hydrogen) atoms. The monoisotopic (exact) mass is 264 g/mol. The summed E-state index contributed by atoms with van der Waals surface area (Å²) in [7, 11) is 1.63. The molecule has 0 saturated heterocycles. The first-order valence-corrected chi connectivity index (χ1v) is 6.50. The van der Waals surface area contributed by atoms with Gasteiger partial charge in [0.1, 0.15) is 5.75 Å². The van der Waals surface area contributed by atoms with Gasteiger partial charge in [-0.15, -0.1) is 0 Å². The summed E-state index contributed by atoms with van der Waals surface area (Å²) in [4.78, 5) is 13.5. The van der Waals surface area contributed by atoms with Crippen LogP contribution >= 0.6 is 0 Å². The SMILES string of the molecule is CCOC(=O)N1CCc2cc(CN)c(OC)cc2C1. The van der Waals surface area contributed by atoms with E-state index in [2.05, 4.69) is 6.07 Å². The number of hydrogen-bond donors (Lipinski definition) is 1. The van der Waals surface area contributed by atoms with Crippen LogP contribution < -0.4 is 10.5 Å². The van der Waals surface area contributed by atoms with E-state index in [-0.39, 0.29) is 6.09 Å². The van der Waals surface area contributed by atoms with E-state index in [0.717, 1.165) is 23.3 Å². The Labute approximate surface area is 113 Å². The van der Waals surface area contributed by atoms with E-state index in [9.17, 15) is 4.79 Å². The third-order valence-corrected chi connectivity index (χ3v) is 3.36. The largest absolute Gasteiger partial charge is 0.496 e. The van der Waals surface area contributed by atoms with Crippen LogP contribution in [0.3, 0.4) is 0 Å². The Morgan fingerprint density at radius 3 is 2.84 bits per heavy atom. The minimum atomic E-state index is -0.255. The number of rotatable bonds is 3. The van der Waals surface area contributed by atoms with Gasteiger partial charge in [-0.3, -0.25) is 0 Å². The summed E-state index contributed by atoms with van der Waals surface area (Å²) in [6, 6.07) is 4.06. The topological polar surface area (TPSA) is 64.8 Å². The molecule has 104 valence electrons. The zero-order valence-electron chi connectivity index (χ0n) is 11.4. The molecule has 0 bridgehead atoms. The molecule has 1 amide bonds. The second-order valence-electron chi connectivity index (χ2n) is 4.51. The molecule has 1 aromatic carbocycles. The molecule has 0 atom stereocenters. The number of benzene rings is 1. The third kappa shape index (κ3) is 2.81. The average molecular weight is 264 g/mol. The van der Waals surface area contributed by atoms with Gasteiger partial charge in [0.05, 0.1) is 13.7 Å². The Balaban J connectivity index is 2.22. The van der Waals surface area contributed by atoms with Crippen LogP contribution in [0.2, 0.25) is 0 Å². The van der Waals surface area contributed by atoms with Gasteiger partial charge in [0.15, 0.2) is 0 Å². The molecular weight excluding hydrogens is 244 g/mol. The van der Waals surface area contributed by atoms with Crippen molar-refractivity contribution in [3.05, 3.63) is 28.8 Å². The lowest BCUT2D eigenvalue weighted by Gasteiger charge is -2.29. The summed E-state index contributed by atoms with van der Waals surface area (Å²) in [6.45, 7) is 3.92. The summed E-state index contributed by atoms with van der Waals surface area (Å²) < 4.78 is 10.4. The molecule has 1 aliphatic rings. The van der Waals surface area contributed by atoms with Crippen molar-refractivity contribution < 1.29 is 14.3 Å². The highest BCUT2D eigenvalue weighted by Gasteiger charge is 2.22. The van der Waals surface area contributed by atoms with Gasteiger partial charge < -0.3 is 20.1 Å². The molecule has 1 aliphatic heterocycles. The zero-order valence-corrected chi connectivity index (χ0v) is 11.4. The van der Waals surface area contributed by atoms with Crippen LogP contribution in [0.5, 0.6) is 5.75 Å². The number of ether oxygens (including phenoxy) is 2. The molecule has 2 N–H and O–H groups in total.